The minimum Gasteiger partial charge on any atom is -0.497 e. The molecule has 36 heavy (non-hydrogen) atoms. The van der Waals surface area contributed by atoms with Crippen LogP contribution in [-0.2, 0) is 17.9 Å². The lowest BCUT2D eigenvalue weighted by Gasteiger charge is -2.12. The number of aromatic nitrogens is 2. The summed E-state index contributed by atoms with van der Waals surface area (Å²) < 4.78 is 19.0. The van der Waals surface area contributed by atoms with Crippen molar-refractivity contribution in [1.29, 1.82) is 0 Å². The average Bonchev–Trinajstić information content (AvgIpc) is 3.25. The van der Waals surface area contributed by atoms with Gasteiger partial charge in [-0.05, 0) is 68.1 Å². The highest BCUT2D eigenvalue weighted by atomic mass is 16.5. The molecule has 0 saturated carbocycles. The van der Waals surface area contributed by atoms with Crippen molar-refractivity contribution >= 4 is 16.9 Å². The van der Waals surface area contributed by atoms with E-state index in [9.17, 15) is 4.79 Å². The Morgan fingerprint density at radius 3 is 2.64 bits per heavy atom. The van der Waals surface area contributed by atoms with Crippen molar-refractivity contribution in [1.82, 2.24) is 14.9 Å². The van der Waals surface area contributed by atoms with Crippen LogP contribution < -0.4 is 19.5 Å². The minimum atomic E-state index is -0.179. The topological polar surface area (TPSA) is 74.6 Å². The van der Waals surface area contributed by atoms with Crippen LogP contribution in [0, 0.1) is 13.8 Å². The number of hydrogen-bond donors (Lipinski definition) is 1. The summed E-state index contributed by atoms with van der Waals surface area (Å²) in [7, 11) is 1.65. The first-order valence-corrected chi connectivity index (χ1v) is 12.2. The van der Waals surface area contributed by atoms with Crippen LogP contribution in [0.3, 0.4) is 0 Å². The van der Waals surface area contributed by atoms with E-state index in [4.69, 9.17) is 19.2 Å². The highest BCUT2D eigenvalue weighted by Gasteiger charge is 2.12. The quantitative estimate of drug-likeness (QED) is 0.278. The Bertz CT molecular complexity index is 1320. The van der Waals surface area contributed by atoms with E-state index in [-0.39, 0.29) is 12.5 Å². The number of amides is 1. The maximum absolute atomic E-state index is 12.5. The zero-order valence-corrected chi connectivity index (χ0v) is 21.1. The van der Waals surface area contributed by atoms with E-state index >= 15 is 0 Å². The number of unbranched alkanes of at least 4 members (excludes halogenated alkanes) is 1. The number of aryl methyl sites for hydroxylation is 3. The number of para-hydroxylation sites is 2. The number of ether oxygens (including phenoxy) is 3. The highest BCUT2D eigenvalue weighted by Crippen LogP contribution is 2.21. The smallest absolute Gasteiger partial charge is 0.258 e. The van der Waals surface area contributed by atoms with Gasteiger partial charge in [0.1, 0.15) is 23.1 Å². The molecule has 1 aromatic heterocycles. The Morgan fingerprint density at radius 1 is 0.944 bits per heavy atom. The maximum Gasteiger partial charge on any atom is 0.258 e. The first-order valence-electron chi connectivity index (χ1n) is 12.2. The van der Waals surface area contributed by atoms with Crippen molar-refractivity contribution in [3.8, 4) is 17.2 Å². The predicted octanol–water partition coefficient (Wildman–Crippen LogP) is 5.22. The minimum absolute atomic E-state index is 0.0356. The third-order valence-corrected chi connectivity index (χ3v) is 5.97. The number of carbonyl (C=O) groups is 1. The summed E-state index contributed by atoms with van der Waals surface area (Å²) in [6.07, 6.45) is 1.81. The molecule has 3 aromatic carbocycles. The number of methoxy groups -OCH3 is 1. The first kappa shape index (κ1) is 25.1. The van der Waals surface area contributed by atoms with Gasteiger partial charge in [0.05, 0.1) is 31.3 Å². The Balaban J connectivity index is 1.31. The molecule has 1 N–H and O–H groups in total. The summed E-state index contributed by atoms with van der Waals surface area (Å²) in [5.74, 6) is 2.96. The third-order valence-electron chi connectivity index (χ3n) is 5.97. The summed E-state index contributed by atoms with van der Waals surface area (Å²) in [5, 5.41) is 2.95. The summed E-state index contributed by atoms with van der Waals surface area (Å²) in [4.78, 5) is 17.2. The number of imidazole rings is 1. The number of nitrogens with one attached hydrogen (secondary N) is 1. The zero-order chi connectivity index (χ0) is 25.3. The lowest BCUT2D eigenvalue weighted by atomic mass is 10.1. The molecule has 188 valence electrons. The maximum atomic E-state index is 12.5. The molecule has 0 spiro atoms. The van der Waals surface area contributed by atoms with E-state index in [0.717, 1.165) is 64.6 Å². The molecule has 4 aromatic rings. The molecule has 0 saturated heterocycles. The van der Waals surface area contributed by atoms with Gasteiger partial charge in [-0.1, -0.05) is 30.3 Å². The molecule has 4 rings (SSSR count). The van der Waals surface area contributed by atoms with Crippen molar-refractivity contribution in [3.63, 3.8) is 0 Å². The molecular formula is C29H33N3O4. The van der Waals surface area contributed by atoms with E-state index in [2.05, 4.69) is 16.0 Å². The molecule has 1 heterocycles. The fourth-order valence-electron chi connectivity index (χ4n) is 4.00. The first-order chi connectivity index (χ1) is 17.5. The van der Waals surface area contributed by atoms with E-state index in [0.29, 0.717) is 13.2 Å². The van der Waals surface area contributed by atoms with Gasteiger partial charge in [0, 0.05) is 12.6 Å². The van der Waals surface area contributed by atoms with Crippen molar-refractivity contribution in [3.05, 3.63) is 83.7 Å². The average molecular weight is 488 g/mol. The third kappa shape index (κ3) is 6.56. The number of rotatable bonds is 12. The van der Waals surface area contributed by atoms with Gasteiger partial charge in [-0.3, -0.25) is 4.79 Å². The number of nitrogens with zero attached hydrogens (tertiary/aromatic N) is 2. The van der Waals surface area contributed by atoms with Crippen LogP contribution in [0.5, 0.6) is 17.2 Å². The van der Waals surface area contributed by atoms with Crippen LogP contribution in [0.4, 0.5) is 0 Å². The van der Waals surface area contributed by atoms with Gasteiger partial charge < -0.3 is 24.1 Å². The molecule has 0 aliphatic rings. The van der Waals surface area contributed by atoms with Gasteiger partial charge in [0.15, 0.2) is 6.61 Å². The van der Waals surface area contributed by atoms with Gasteiger partial charge in [-0.15, -0.1) is 0 Å². The molecule has 7 heteroatoms. The van der Waals surface area contributed by atoms with Gasteiger partial charge in [-0.25, -0.2) is 4.98 Å². The lowest BCUT2D eigenvalue weighted by molar-refractivity contribution is -0.123. The summed E-state index contributed by atoms with van der Waals surface area (Å²) >= 11 is 0. The van der Waals surface area contributed by atoms with E-state index in [1.807, 2.05) is 74.5 Å². The summed E-state index contributed by atoms with van der Waals surface area (Å²) in [5.41, 5.74) is 4.08. The molecule has 7 nitrogen and oxygen atoms in total. The summed E-state index contributed by atoms with van der Waals surface area (Å²) in [6, 6.07) is 21.6. The molecule has 0 atom stereocenters. The van der Waals surface area contributed by atoms with Crippen molar-refractivity contribution in [2.24, 2.45) is 0 Å². The predicted molar refractivity (Wildman–Crippen MR) is 141 cm³/mol. The number of hydrogen-bond acceptors (Lipinski definition) is 5. The molecule has 0 radical (unpaired) electrons. The normalized spacial score (nSPS) is 10.9. The fraction of sp³-hybridized carbons (Fsp3) is 0.310. The molecule has 0 fully saturated rings. The Kier molecular flexibility index (Phi) is 8.44. The largest absolute Gasteiger partial charge is 0.497 e. The molecule has 1 amide bonds. The number of benzene rings is 3. The van der Waals surface area contributed by atoms with Crippen LogP contribution in [0.15, 0.2) is 66.7 Å². The van der Waals surface area contributed by atoms with Crippen LogP contribution in [0.25, 0.3) is 11.0 Å². The van der Waals surface area contributed by atoms with E-state index in [1.54, 1.807) is 7.11 Å². The van der Waals surface area contributed by atoms with Crippen LogP contribution >= 0.6 is 0 Å². The number of carbonyl (C=O) groups excluding carboxylic acids is 1. The molecular weight excluding hydrogens is 454 g/mol. The second-order valence-corrected chi connectivity index (χ2v) is 8.74. The molecule has 0 aliphatic heterocycles. The number of fused-ring (bicyclic) bond motifs is 1. The zero-order valence-electron chi connectivity index (χ0n) is 21.1. The van der Waals surface area contributed by atoms with Gasteiger partial charge in [0.25, 0.3) is 5.91 Å². The SMILES string of the molecule is COc1cccc(OCCCCn2c(CNC(=O)COc3cc(C)ccc3C)nc3ccccc32)c1. The van der Waals surface area contributed by atoms with Crippen molar-refractivity contribution in [2.45, 2.75) is 39.8 Å². The lowest BCUT2D eigenvalue weighted by Crippen LogP contribution is -2.29. The van der Waals surface area contributed by atoms with Crippen molar-refractivity contribution in [2.75, 3.05) is 20.3 Å². The van der Waals surface area contributed by atoms with Crippen molar-refractivity contribution < 1.29 is 19.0 Å². The molecule has 0 bridgehead atoms. The van der Waals surface area contributed by atoms with Gasteiger partial charge in [-0.2, -0.15) is 0 Å². The fourth-order valence-corrected chi connectivity index (χ4v) is 4.00. The van der Waals surface area contributed by atoms with E-state index < -0.39 is 0 Å². The van der Waals surface area contributed by atoms with Crippen LogP contribution in [-0.4, -0.2) is 35.8 Å². The Morgan fingerprint density at radius 2 is 1.78 bits per heavy atom. The van der Waals surface area contributed by atoms with Crippen LogP contribution in [0.1, 0.15) is 29.8 Å². The van der Waals surface area contributed by atoms with Crippen LogP contribution in [0.2, 0.25) is 0 Å². The van der Waals surface area contributed by atoms with Gasteiger partial charge >= 0.3 is 0 Å². The second-order valence-electron chi connectivity index (χ2n) is 8.74. The monoisotopic (exact) mass is 487 g/mol. The molecule has 0 aliphatic carbocycles. The van der Waals surface area contributed by atoms with Gasteiger partial charge in [0.2, 0.25) is 0 Å². The Labute approximate surface area is 212 Å². The highest BCUT2D eigenvalue weighted by molar-refractivity contribution is 5.78. The summed E-state index contributed by atoms with van der Waals surface area (Å²) in [6.45, 7) is 5.67. The standard InChI is InChI=1S/C29H33N3O4/c1-21-13-14-22(2)27(17-21)36-20-29(33)30-19-28-31-25-11-4-5-12-26(25)32(28)15-6-7-16-35-24-10-8-9-23(18-24)34-3/h4-5,8-14,17-18H,6-7,15-16,19-20H2,1-3H3,(H,30,33). The second kappa shape index (κ2) is 12.1. The van der Waals surface area contributed by atoms with E-state index in [1.165, 1.54) is 0 Å². The molecule has 0 unspecified atom stereocenters. The Hall–Kier alpha value is -4.00.